The van der Waals surface area contributed by atoms with Gasteiger partial charge in [0.2, 0.25) is 5.91 Å². The Bertz CT molecular complexity index is 541. The number of rotatable bonds is 5. The Morgan fingerprint density at radius 1 is 1.05 bits per heavy atom. The highest BCUT2D eigenvalue weighted by Crippen LogP contribution is 2.16. The number of hydrogen-bond donors (Lipinski definition) is 3. The molecule has 7 heteroatoms. The first-order valence-electron chi connectivity index (χ1n) is 6.14. The summed E-state index contributed by atoms with van der Waals surface area (Å²) in [4.78, 5) is 33.6. The molecule has 0 aromatic heterocycles. The van der Waals surface area contributed by atoms with Gasteiger partial charge in [-0.3, -0.25) is 4.79 Å². The quantitative estimate of drug-likeness (QED) is 0.764. The summed E-state index contributed by atoms with van der Waals surface area (Å²) in [6, 6.07) is 3.39. The number of anilines is 1. The van der Waals surface area contributed by atoms with Crippen LogP contribution < -0.4 is 5.32 Å². The molecule has 0 atom stereocenters. The topological polar surface area (TPSA) is 113 Å². The number of carbonyl (C=O) groups excluding carboxylic acids is 1. The molecule has 0 heterocycles. The molecule has 0 unspecified atom stereocenters. The lowest BCUT2D eigenvalue weighted by molar-refractivity contribution is -0.125. The number of carbonyl (C=O) groups is 3. The molecule has 0 aliphatic carbocycles. The van der Waals surface area contributed by atoms with Crippen molar-refractivity contribution >= 4 is 23.5 Å². The lowest BCUT2D eigenvalue weighted by Crippen LogP contribution is -2.27. The summed E-state index contributed by atoms with van der Waals surface area (Å²) in [5.41, 5.74) is -0.842. The van der Waals surface area contributed by atoms with Crippen LogP contribution in [0.4, 0.5) is 5.69 Å². The van der Waals surface area contributed by atoms with Crippen molar-refractivity contribution in [3.05, 3.63) is 29.3 Å². The minimum Gasteiger partial charge on any atom is -0.478 e. The Hall–Kier alpha value is -2.41. The highest BCUT2D eigenvalue weighted by molar-refractivity contribution is 5.98. The summed E-state index contributed by atoms with van der Waals surface area (Å²) < 4.78 is 5.27. The van der Waals surface area contributed by atoms with Crippen molar-refractivity contribution in [1.29, 1.82) is 0 Å². The van der Waals surface area contributed by atoms with Gasteiger partial charge >= 0.3 is 11.9 Å². The minimum atomic E-state index is -1.28. The Kier molecular flexibility index (Phi) is 5.04. The molecule has 1 aromatic carbocycles. The van der Waals surface area contributed by atoms with E-state index in [9.17, 15) is 14.4 Å². The van der Waals surface area contributed by atoms with Crippen molar-refractivity contribution in [3.8, 4) is 0 Å². The van der Waals surface area contributed by atoms with Gasteiger partial charge in [-0.1, -0.05) is 0 Å². The number of aromatic carboxylic acids is 2. The van der Waals surface area contributed by atoms with Crippen molar-refractivity contribution < 1.29 is 29.3 Å². The van der Waals surface area contributed by atoms with Crippen LogP contribution in [-0.4, -0.2) is 40.3 Å². The molecule has 1 rings (SSSR count). The van der Waals surface area contributed by atoms with Crippen LogP contribution in [0.15, 0.2) is 18.2 Å². The first kappa shape index (κ1) is 16.6. The van der Waals surface area contributed by atoms with Gasteiger partial charge in [0.15, 0.2) is 0 Å². The molecular formula is C14H17NO6. The first-order valence-corrected chi connectivity index (χ1v) is 6.14. The smallest absolute Gasteiger partial charge is 0.335 e. The van der Waals surface area contributed by atoms with E-state index in [0.717, 1.165) is 6.07 Å². The predicted molar refractivity (Wildman–Crippen MR) is 74.7 cm³/mol. The van der Waals surface area contributed by atoms with E-state index in [1.807, 2.05) is 0 Å². The number of hydrogen-bond acceptors (Lipinski definition) is 4. The monoisotopic (exact) mass is 295 g/mol. The molecular weight excluding hydrogens is 278 g/mol. The number of carboxylic acids is 2. The fourth-order valence-corrected chi connectivity index (χ4v) is 1.43. The SMILES string of the molecule is CC(C)(C)OCC(=O)Nc1cc(C(=O)O)cc(C(=O)O)c1. The Morgan fingerprint density at radius 2 is 1.52 bits per heavy atom. The lowest BCUT2D eigenvalue weighted by atomic mass is 10.1. The summed E-state index contributed by atoms with van der Waals surface area (Å²) in [7, 11) is 0. The van der Waals surface area contributed by atoms with Crippen molar-refractivity contribution in [2.24, 2.45) is 0 Å². The molecule has 0 spiro atoms. The maximum atomic E-state index is 11.7. The Labute approximate surface area is 121 Å². The van der Waals surface area contributed by atoms with E-state index in [2.05, 4.69) is 5.32 Å². The molecule has 0 aliphatic heterocycles. The second-order valence-corrected chi connectivity index (χ2v) is 5.36. The molecule has 1 amide bonds. The van der Waals surface area contributed by atoms with Crippen molar-refractivity contribution in [3.63, 3.8) is 0 Å². The van der Waals surface area contributed by atoms with Crippen LogP contribution in [-0.2, 0) is 9.53 Å². The van der Waals surface area contributed by atoms with Crippen LogP contribution >= 0.6 is 0 Å². The molecule has 114 valence electrons. The summed E-state index contributed by atoms with van der Waals surface area (Å²) in [6.07, 6.45) is 0. The average molecular weight is 295 g/mol. The second-order valence-electron chi connectivity index (χ2n) is 5.36. The fourth-order valence-electron chi connectivity index (χ4n) is 1.43. The van der Waals surface area contributed by atoms with Gasteiger partial charge in [-0.25, -0.2) is 9.59 Å². The van der Waals surface area contributed by atoms with Crippen LogP contribution in [0.25, 0.3) is 0 Å². The van der Waals surface area contributed by atoms with Gasteiger partial charge in [0.25, 0.3) is 0 Å². The maximum Gasteiger partial charge on any atom is 0.335 e. The van der Waals surface area contributed by atoms with Crippen LogP contribution in [0.2, 0.25) is 0 Å². The largest absolute Gasteiger partial charge is 0.478 e. The summed E-state index contributed by atoms with van der Waals surface area (Å²) in [5.74, 6) is -3.05. The lowest BCUT2D eigenvalue weighted by Gasteiger charge is -2.19. The van der Waals surface area contributed by atoms with E-state index in [-0.39, 0.29) is 23.4 Å². The van der Waals surface area contributed by atoms with E-state index < -0.39 is 23.4 Å². The third-order valence-electron chi connectivity index (χ3n) is 2.35. The zero-order chi connectivity index (χ0) is 16.2. The van der Waals surface area contributed by atoms with Gasteiger partial charge in [0.05, 0.1) is 16.7 Å². The van der Waals surface area contributed by atoms with E-state index in [0.29, 0.717) is 0 Å². The highest BCUT2D eigenvalue weighted by Gasteiger charge is 2.15. The van der Waals surface area contributed by atoms with Crippen LogP contribution in [0.1, 0.15) is 41.5 Å². The third kappa shape index (κ3) is 5.62. The predicted octanol–water partition coefficient (Wildman–Crippen LogP) is 1.84. The van der Waals surface area contributed by atoms with Gasteiger partial charge < -0.3 is 20.3 Å². The first-order chi connectivity index (χ1) is 9.58. The number of amides is 1. The molecule has 0 saturated heterocycles. The van der Waals surface area contributed by atoms with Gasteiger partial charge in [-0.15, -0.1) is 0 Å². The zero-order valence-electron chi connectivity index (χ0n) is 12.0. The molecule has 0 fully saturated rings. The normalized spacial score (nSPS) is 11.0. The van der Waals surface area contributed by atoms with Crippen molar-refractivity contribution in [2.45, 2.75) is 26.4 Å². The number of benzene rings is 1. The molecule has 0 bridgehead atoms. The van der Waals surface area contributed by atoms with Crippen LogP contribution in [0, 0.1) is 0 Å². The maximum absolute atomic E-state index is 11.7. The highest BCUT2D eigenvalue weighted by atomic mass is 16.5. The molecule has 7 nitrogen and oxygen atoms in total. The fraction of sp³-hybridized carbons (Fsp3) is 0.357. The zero-order valence-corrected chi connectivity index (χ0v) is 12.0. The Morgan fingerprint density at radius 3 is 1.90 bits per heavy atom. The Balaban J connectivity index is 2.89. The number of carboxylic acid groups (broad SMARTS) is 2. The van der Waals surface area contributed by atoms with E-state index in [4.69, 9.17) is 14.9 Å². The van der Waals surface area contributed by atoms with Gasteiger partial charge in [0.1, 0.15) is 6.61 Å². The van der Waals surface area contributed by atoms with E-state index in [1.54, 1.807) is 20.8 Å². The molecule has 3 N–H and O–H groups in total. The number of ether oxygens (including phenoxy) is 1. The van der Waals surface area contributed by atoms with Crippen LogP contribution in [0.3, 0.4) is 0 Å². The summed E-state index contributed by atoms with van der Waals surface area (Å²) in [5, 5.41) is 20.3. The summed E-state index contributed by atoms with van der Waals surface area (Å²) in [6.45, 7) is 5.14. The molecule has 21 heavy (non-hydrogen) atoms. The molecule has 1 aromatic rings. The average Bonchev–Trinajstić information content (AvgIpc) is 2.35. The molecule has 0 saturated carbocycles. The third-order valence-corrected chi connectivity index (χ3v) is 2.35. The van der Waals surface area contributed by atoms with E-state index in [1.165, 1.54) is 12.1 Å². The van der Waals surface area contributed by atoms with Crippen molar-refractivity contribution in [1.82, 2.24) is 0 Å². The van der Waals surface area contributed by atoms with Crippen molar-refractivity contribution in [2.75, 3.05) is 11.9 Å². The molecule has 0 radical (unpaired) electrons. The van der Waals surface area contributed by atoms with Gasteiger partial charge in [0, 0.05) is 5.69 Å². The van der Waals surface area contributed by atoms with Gasteiger partial charge in [-0.2, -0.15) is 0 Å². The van der Waals surface area contributed by atoms with E-state index >= 15 is 0 Å². The van der Waals surface area contributed by atoms with Gasteiger partial charge in [-0.05, 0) is 39.0 Å². The standard InChI is InChI=1S/C14H17NO6/c1-14(2,3)21-7-11(16)15-10-5-8(12(17)18)4-9(6-10)13(19)20/h4-6H,7H2,1-3H3,(H,15,16)(H,17,18)(H,19,20). The minimum absolute atomic E-state index is 0.0924. The van der Waals surface area contributed by atoms with Crippen LogP contribution in [0.5, 0.6) is 0 Å². The second kappa shape index (κ2) is 6.36. The summed E-state index contributed by atoms with van der Waals surface area (Å²) >= 11 is 0. The number of nitrogens with one attached hydrogen (secondary N) is 1. The molecule has 0 aliphatic rings.